The van der Waals surface area contributed by atoms with Gasteiger partial charge in [-0.1, -0.05) is 6.07 Å². The Morgan fingerprint density at radius 1 is 1.05 bits per heavy atom. The van der Waals surface area contributed by atoms with Crippen molar-refractivity contribution in [2.45, 2.75) is 0 Å². The molecule has 0 unspecified atom stereocenters. The first-order valence-electron chi connectivity index (χ1n) is 6.12. The topological polar surface area (TPSA) is 79.8 Å². The molecule has 0 aliphatic heterocycles. The van der Waals surface area contributed by atoms with Gasteiger partial charge in [0.2, 0.25) is 0 Å². The number of carbonyl (C=O) groups is 1. The predicted molar refractivity (Wildman–Crippen MR) is 89.1 cm³/mol. The molecule has 0 saturated carbocycles. The van der Waals surface area contributed by atoms with E-state index in [1.807, 2.05) is 6.07 Å². The summed E-state index contributed by atoms with van der Waals surface area (Å²) in [6.07, 6.45) is 4.98. The highest BCUT2D eigenvalue weighted by Gasteiger charge is 2.08. The molecule has 0 aliphatic rings. The third-order valence-electron chi connectivity index (χ3n) is 2.70. The monoisotopic (exact) mass is 391 g/mol. The Labute approximate surface area is 134 Å². The summed E-state index contributed by atoms with van der Waals surface area (Å²) in [7, 11) is 0. The fraction of sp³-hybridized carbons (Fsp3) is 0. The Bertz CT molecular complexity index is 794. The summed E-state index contributed by atoms with van der Waals surface area (Å²) in [5.41, 5.74) is 1.98. The van der Waals surface area contributed by atoms with Gasteiger partial charge in [0, 0.05) is 22.2 Å². The summed E-state index contributed by atoms with van der Waals surface area (Å²) >= 11 is 2.17. The molecule has 2 N–H and O–H groups in total. The first-order chi connectivity index (χ1) is 10.2. The molecule has 0 atom stereocenters. The highest BCUT2D eigenvalue weighted by atomic mass is 127. The third kappa shape index (κ3) is 3.24. The van der Waals surface area contributed by atoms with Crippen LogP contribution in [0.1, 0.15) is 0 Å². The number of hydrogen-bond donors (Lipinski definition) is 2. The minimum absolute atomic E-state index is 0.374. The number of anilines is 2. The summed E-state index contributed by atoms with van der Waals surface area (Å²) in [4.78, 5) is 24.6. The Hall–Kier alpha value is -2.29. The lowest BCUT2D eigenvalue weighted by Crippen LogP contribution is -2.20. The van der Waals surface area contributed by atoms with Crippen molar-refractivity contribution in [3.8, 4) is 0 Å². The molecule has 6 nitrogen and oxygen atoms in total. The molecular formula is C14H10IN5O. The van der Waals surface area contributed by atoms with Gasteiger partial charge in [0.05, 0.1) is 11.2 Å². The van der Waals surface area contributed by atoms with Crippen LogP contribution < -0.4 is 10.6 Å². The molecule has 0 radical (unpaired) electrons. The molecule has 104 valence electrons. The van der Waals surface area contributed by atoms with Crippen molar-refractivity contribution >= 4 is 51.2 Å². The quantitative estimate of drug-likeness (QED) is 0.658. The molecule has 2 amide bonds. The van der Waals surface area contributed by atoms with Gasteiger partial charge in [-0.2, -0.15) is 0 Å². The smallest absolute Gasteiger partial charge is 0.305 e. The van der Waals surface area contributed by atoms with Crippen LogP contribution in [-0.4, -0.2) is 21.0 Å². The van der Waals surface area contributed by atoms with Crippen LogP contribution in [0, 0.1) is 3.57 Å². The number of nitrogens with one attached hydrogen (secondary N) is 2. The number of halogens is 1. The number of rotatable bonds is 2. The van der Waals surface area contributed by atoms with E-state index in [4.69, 9.17) is 0 Å². The number of nitrogens with zero attached hydrogens (tertiary/aromatic N) is 3. The first kappa shape index (κ1) is 13.7. The van der Waals surface area contributed by atoms with E-state index < -0.39 is 0 Å². The first-order valence-corrected chi connectivity index (χ1v) is 7.19. The number of fused-ring (bicyclic) bond motifs is 1. The highest BCUT2D eigenvalue weighted by molar-refractivity contribution is 14.1. The number of carbonyl (C=O) groups excluding carboxylic acids is 1. The molecule has 3 aromatic heterocycles. The summed E-state index contributed by atoms with van der Waals surface area (Å²) in [6.45, 7) is 0. The van der Waals surface area contributed by atoms with E-state index in [1.165, 1.54) is 0 Å². The number of aromatic nitrogens is 3. The summed E-state index contributed by atoms with van der Waals surface area (Å²) in [5.74, 6) is 0.482. The molecule has 0 bridgehead atoms. The molecule has 0 saturated heterocycles. The maximum absolute atomic E-state index is 12.0. The molecule has 0 spiro atoms. The van der Waals surface area contributed by atoms with Crippen LogP contribution >= 0.6 is 22.6 Å². The minimum atomic E-state index is -0.374. The maximum Gasteiger partial charge on any atom is 0.324 e. The van der Waals surface area contributed by atoms with E-state index in [1.54, 1.807) is 42.9 Å². The van der Waals surface area contributed by atoms with Gasteiger partial charge in [-0.25, -0.2) is 9.78 Å². The number of urea groups is 1. The van der Waals surface area contributed by atoms with E-state index >= 15 is 0 Å². The van der Waals surface area contributed by atoms with Crippen molar-refractivity contribution in [3.63, 3.8) is 0 Å². The van der Waals surface area contributed by atoms with Gasteiger partial charge in [-0.3, -0.25) is 15.3 Å². The molecule has 0 aliphatic carbocycles. The number of hydrogen-bond acceptors (Lipinski definition) is 4. The van der Waals surface area contributed by atoms with E-state index in [2.05, 4.69) is 48.2 Å². The summed E-state index contributed by atoms with van der Waals surface area (Å²) in [5, 5.41) is 5.41. The molecule has 3 aromatic rings. The van der Waals surface area contributed by atoms with Crippen molar-refractivity contribution in [2.75, 3.05) is 10.6 Å². The van der Waals surface area contributed by atoms with Crippen LogP contribution in [0.4, 0.5) is 16.3 Å². The van der Waals surface area contributed by atoms with E-state index in [9.17, 15) is 4.79 Å². The van der Waals surface area contributed by atoms with Gasteiger partial charge >= 0.3 is 6.03 Å². The fourth-order valence-electron chi connectivity index (χ4n) is 1.81. The zero-order valence-electron chi connectivity index (χ0n) is 10.7. The van der Waals surface area contributed by atoms with Crippen LogP contribution in [0.5, 0.6) is 0 Å². The van der Waals surface area contributed by atoms with Gasteiger partial charge < -0.3 is 5.32 Å². The Kier molecular flexibility index (Phi) is 3.91. The molecule has 3 rings (SSSR count). The average molecular weight is 391 g/mol. The molecule has 21 heavy (non-hydrogen) atoms. The number of pyridine rings is 3. The highest BCUT2D eigenvalue weighted by Crippen LogP contribution is 2.20. The van der Waals surface area contributed by atoms with E-state index in [0.29, 0.717) is 17.0 Å². The lowest BCUT2D eigenvalue weighted by Gasteiger charge is -2.08. The second kappa shape index (κ2) is 6.00. The molecule has 0 fully saturated rings. The van der Waals surface area contributed by atoms with E-state index in [0.717, 1.165) is 9.09 Å². The SMILES string of the molecule is O=C(Nc1ccccn1)Nc1ccnc2cc(I)cnc12. The largest absolute Gasteiger partial charge is 0.324 e. The van der Waals surface area contributed by atoms with Gasteiger partial charge in [-0.05, 0) is 46.9 Å². The molecular weight excluding hydrogens is 381 g/mol. The zero-order chi connectivity index (χ0) is 14.7. The lowest BCUT2D eigenvalue weighted by molar-refractivity contribution is 0.262. The van der Waals surface area contributed by atoms with Gasteiger partial charge in [0.1, 0.15) is 11.3 Å². The van der Waals surface area contributed by atoms with Crippen LogP contribution in [0.2, 0.25) is 0 Å². The minimum Gasteiger partial charge on any atom is -0.305 e. The second-order valence-electron chi connectivity index (χ2n) is 4.17. The van der Waals surface area contributed by atoms with Crippen molar-refractivity contribution in [3.05, 3.63) is 52.5 Å². The zero-order valence-corrected chi connectivity index (χ0v) is 12.9. The van der Waals surface area contributed by atoms with Gasteiger partial charge in [-0.15, -0.1) is 0 Å². The average Bonchev–Trinajstić information content (AvgIpc) is 2.48. The van der Waals surface area contributed by atoms with Crippen LogP contribution in [-0.2, 0) is 0 Å². The summed E-state index contributed by atoms with van der Waals surface area (Å²) in [6, 6.07) is 8.54. The van der Waals surface area contributed by atoms with Crippen molar-refractivity contribution in [1.82, 2.24) is 15.0 Å². The number of amides is 2. The lowest BCUT2D eigenvalue weighted by atomic mass is 10.3. The van der Waals surface area contributed by atoms with Crippen molar-refractivity contribution in [1.29, 1.82) is 0 Å². The predicted octanol–water partition coefficient (Wildman–Crippen LogP) is 3.27. The Morgan fingerprint density at radius 3 is 2.76 bits per heavy atom. The Morgan fingerprint density at radius 2 is 1.95 bits per heavy atom. The van der Waals surface area contributed by atoms with Crippen molar-refractivity contribution < 1.29 is 4.79 Å². The summed E-state index contributed by atoms with van der Waals surface area (Å²) < 4.78 is 0.989. The molecule has 7 heteroatoms. The normalized spacial score (nSPS) is 10.3. The fourth-order valence-corrected chi connectivity index (χ4v) is 2.25. The van der Waals surface area contributed by atoms with Crippen LogP contribution in [0.15, 0.2) is 48.9 Å². The van der Waals surface area contributed by atoms with E-state index in [-0.39, 0.29) is 6.03 Å². The van der Waals surface area contributed by atoms with Crippen LogP contribution in [0.25, 0.3) is 11.0 Å². The van der Waals surface area contributed by atoms with Gasteiger partial charge in [0.15, 0.2) is 0 Å². The maximum atomic E-state index is 12.0. The Balaban J connectivity index is 1.83. The molecule has 3 heterocycles. The van der Waals surface area contributed by atoms with Crippen LogP contribution in [0.3, 0.4) is 0 Å². The second-order valence-corrected chi connectivity index (χ2v) is 5.42. The van der Waals surface area contributed by atoms with Gasteiger partial charge in [0.25, 0.3) is 0 Å². The van der Waals surface area contributed by atoms with Crippen molar-refractivity contribution in [2.24, 2.45) is 0 Å². The standard InChI is InChI=1S/C14H10IN5O/c15-9-7-11-13(18-8-9)10(4-6-16-11)19-14(21)20-12-3-1-2-5-17-12/h1-8H,(H2,16,17,19,20,21). The third-order valence-corrected chi connectivity index (χ3v) is 3.29. The molecule has 0 aromatic carbocycles.